The van der Waals surface area contributed by atoms with Crippen molar-refractivity contribution in [2.75, 3.05) is 13.1 Å². The first-order chi connectivity index (χ1) is 10.6. The van der Waals surface area contributed by atoms with Crippen molar-refractivity contribution in [3.05, 3.63) is 0 Å². The van der Waals surface area contributed by atoms with E-state index < -0.39 is 5.60 Å². The number of carbonyl (C=O) groups excluding carboxylic acids is 2. The summed E-state index contributed by atoms with van der Waals surface area (Å²) in [6.07, 6.45) is 9.58. The van der Waals surface area contributed by atoms with E-state index in [2.05, 4.69) is 13.8 Å². The van der Waals surface area contributed by atoms with E-state index in [9.17, 15) is 9.59 Å². The Morgan fingerprint density at radius 1 is 1.14 bits per heavy atom. The molecule has 1 heterocycles. The van der Waals surface area contributed by atoms with Gasteiger partial charge in [0.15, 0.2) is 0 Å². The fourth-order valence-electron chi connectivity index (χ4n) is 3.86. The minimum absolute atomic E-state index is 0.162. The summed E-state index contributed by atoms with van der Waals surface area (Å²) in [5.74, 6) is -0.255. The van der Waals surface area contributed by atoms with Crippen LogP contribution in [-0.2, 0) is 14.3 Å². The summed E-state index contributed by atoms with van der Waals surface area (Å²) in [7, 11) is 0. The third-order valence-corrected chi connectivity index (χ3v) is 5.20. The molecule has 0 radical (unpaired) electrons. The molecule has 4 heteroatoms. The molecule has 1 spiro atoms. The lowest BCUT2D eigenvalue weighted by Gasteiger charge is -2.38. The predicted molar refractivity (Wildman–Crippen MR) is 86.4 cm³/mol. The molecule has 0 bridgehead atoms. The first kappa shape index (κ1) is 17.3. The van der Waals surface area contributed by atoms with E-state index in [-0.39, 0.29) is 24.2 Å². The molecule has 0 aromatic carbocycles. The van der Waals surface area contributed by atoms with E-state index in [0.717, 1.165) is 64.5 Å². The highest BCUT2D eigenvalue weighted by Gasteiger charge is 2.53. The van der Waals surface area contributed by atoms with Crippen LogP contribution in [0.3, 0.4) is 0 Å². The number of nitrogens with zero attached hydrogens (tertiary/aromatic N) is 1. The molecule has 1 aliphatic carbocycles. The summed E-state index contributed by atoms with van der Waals surface area (Å²) in [4.78, 5) is 27.0. The smallest absolute Gasteiger partial charge is 0.307 e. The van der Waals surface area contributed by atoms with E-state index in [0.29, 0.717) is 0 Å². The molecule has 2 aliphatic rings. The number of esters is 1. The summed E-state index contributed by atoms with van der Waals surface area (Å²) in [6.45, 7) is 5.92. The number of hydrogen-bond acceptors (Lipinski definition) is 3. The van der Waals surface area contributed by atoms with Crippen molar-refractivity contribution in [2.24, 2.45) is 5.92 Å². The Balaban J connectivity index is 2.10. The van der Waals surface area contributed by atoms with Gasteiger partial charge in [-0.1, -0.05) is 33.1 Å². The predicted octanol–water partition coefficient (Wildman–Crippen LogP) is 3.68. The third kappa shape index (κ3) is 3.82. The van der Waals surface area contributed by atoms with Gasteiger partial charge in [-0.3, -0.25) is 9.59 Å². The van der Waals surface area contributed by atoms with Crippen LogP contribution >= 0.6 is 0 Å². The van der Waals surface area contributed by atoms with Crippen LogP contribution in [0.5, 0.6) is 0 Å². The van der Waals surface area contributed by atoms with Crippen molar-refractivity contribution in [3.8, 4) is 0 Å². The standard InChI is InChI=1S/C18H31NO3/c1-3-5-12-19(13-6-4-2)17(21)15-14-16(20)22-18(15)10-8-7-9-11-18/h15H,3-14H2,1-2H3/t15-/m0/s1. The summed E-state index contributed by atoms with van der Waals surface area (Å²) in [6, 6.07) is 0. The number of rotatable bonds is 7. The van der Waals surface area contributed by atoms with Crippen LogP contribution in [-0.4, -0.2) is 35.5 Å². The average molecular weight is 309 g/mol. The Kier molecular flexibility index (Phi) is 6.27. The molecule has 1 saturated carbocycles. The van der Waals surface area contributed by atoms with Crippen molar-refractivity contribution in [2.45, 2.75) is 83.7 Å². The van der Waals surface area contributed by atoms with Gasteiger partial charge in [0.25, 0.3) is 0 Å². The Morgan fingerprint density at radius 3 is 2.27 bits per heavy atom. The second kappa shape index (κ2) is 7.98. The Bertz CT molecular complexity index is 380. The third-order valence-electron chi connectivity index (χ3n) is 5.20. The lowest BCUT2D eigenvalue weighted by atomic mass is 9.75. The minimum Gasteiger partial charge on any atom is -0.458 e. The van der Waals surface area contributed by atoms with Gasteiger partial charge in [0.1, 0.15) is 5.60 Å². The molecule has 1 amide bonds. The number of carbonyl (C=O) groups is 2. The highest BCUT2D eigenvalue weighted by molar-refractivity contribution is 5.88. The molecule has 0 aromatic heterocycles. The van der Waals surface area contributed by atoms with Crippen LogP contribution in [0.4, 0.5) is 0 Å². The molecule has 2 fully saturated rings. The topological polar surface area (TPSA) is 46.6 Å². The van der Waals surface area contributed by atoms with E-state index in [1.54, 1.807) is 0 Å². The fraction of sp³-hybridized carbons (Fsp3) is 0.889. The van der Waals surface area contributed by atoms with Gasteiger partial charge in [0, 0.05) is 13.1 Å². The largest absolute Gasteiger partial charge is 0.458 e. The van der Waals surface area contributed by atoms with Crippen LogP contribution in [0.25, 0.3) is 0 Å². The fourth-order valence-corrected chi connectivity index (χ4v) is 3.86. The molecule has 1 aliphatic heterocycles. The monoisotopic (exact) mass is 309 g/mol. The Morgan fingerprint density at radius 2 is 1.73 bits per heavy atom. The SMILES string of the molecule is CCCCN(CCCC)C(=O)[C@@H]1CC(=O)OC12CCCCC2. The first-order valence-corrected chi connectivity index (χ1v) is 9.13. The number of amides is 1. The molecule has 0 N–H and O–H groups in total. The molecule has 0 aromatic rings. The Labute approximate surface area is 134 Å². The highest BCUT2D eigenvalue weighted by Crippen LogP contribution is 2.44. The van der Waals surface area contributed by atoms with Gasteiger partial charge in [-0.2, -0.15) is 0 Å². The van der Waals surface area contributed by atoms with Crippen molar-refractivity contribution in [1.29, 1.82) is 0 Å². The van der Waals surface area contributed by atoms with Crippen molar-refractivity contribution < 1.29 is 14.3 Å². The number of hydrogen-bond donors (Lipinski definition) is 0. The normalized spacial score (nSPS) is 23.5. The van der Waals surface area contributed by atoms with E-state index in [1.165, 1.54) is 6.42 Å². The zero-order valence-electron chi connectivity index (χ0n) is 14.2. The van der Waals surface area contributed by atoms with Crippen molar-refractivity contribution in [3.63, 3.8) is 0 Å². The Hall–Kier alpha value is -1.06. The van der Waals surface area contributed by atoms with Crippen molar-refractivity contribution >= 4 is 11.9 Å². The van der Waals surface area contributed by atoms with Crippen LogP contribution in [0.1, 0.15) is 78.1 Å². The van der Waals surface area contributed by atoms with Crippen LogP contribution in [0, 0.1) is 5.92 Å². The maximum Gasteiger partial charge on any atom is 0.307 e. The maximum absolute atomic E-state index is 13.1. The van der Waals surface area contributed by atoms with Crippen LogP contribution in [0.15, 0.2) is 0 Å². The summed E-state index contributed by atoms with van der Waals surface area (Å²) >= 11 is 0. The highest BCUT2D eigenvalue weighted by atomic mass is 16.6. The zero-order chi connectivity index (χ0) is 16.0. The maximum atomic E-state index is 13.1. The molecule has 1 atom stereocenters. The lowest BCUT2D eigenvalue weighted by molar-refractivity contribution is -0.155. The zero-order valence-corrected chi connectivity index (χ0v) is 14.2. The van der Waals surface area contributed by atoms with Gasteiger partial charge >= 0.3 is 5.97 Å². The summed E-state index contributed by atoms with van der Waals surface area (Å²) < 4.78 is 5.70. The minimum atomic E-state index is -0.483. The van der Waals surface area contributed by atoms with E-state index >= 15 is 0 Å². The van der Waals surface area contributed by atoms with E-state index in [1.807, 2.05) is 4.90 Å². The second-order valence-corrected chi connectivity index (χ2v) is 6.89. The molecule has 0 unspecified atom stereocenters. The molecule has 2 rings (SSSR count). The molecular weight excluding hydrogens is 278 g/mol. The number of unbranched alkanes of at least 4 members (excludes halogenated alkanes) is 2. The first-order valence-electron chi connectivity index (χ1n) is 9.13. The van der Waals surface area contributed by atoms with Gasteiger partial charge < -0.3 is 9.64 Å². The lowest BCUT2D eigenvalue weighted by Crippen LogP contribution is -2.47. The second-order valence-electron chi connectivity index (χ2n) is 6.89. The molecule has 126 valence electrons. The van der Waals surface area contributed by atoms with Crippen LogP contribution in [0.2, 0.25) is 0 Å². The molecule has 1 saturated heterocycles. The summed E-state index contributed by atoms with van der Waals surface area (Å²) in [5, 5.41) is 0. The molecule has 22 heavy (non-hydrogen) atoms. The average Bonchev–Trinajstić information content (AvgIpc) is 2.83. The molecular formula is C18H31NO3. The van der Waals surface area contributed by atoms with E-state index in [4.69, 9.17) is 4.74 Å². The van der Waals surface area contributed by atoms with Gasteiger partial charge in [0.2, 0.25) is 5.91 Å². The molecule has 4 nitrogen and oxygen atoms in total. The number of ether oxygens (including phenoxy) is 1. The van der Waals surface area contributed by atoms with Gasteiger partial charge in [0.05, 0.1) is 12.3 Å². The van der Waals surface area contributed by atoms with Gasteiger partial charge in [-0.15, -0.1) is 0 Å². The van der Waals surface area contributed by atoms with Crippen LogP contribution < -0.4 is 0 Å². The quantitative estimate of drug-likeness (QED) is 0.674. The van der Waals surface area contributed by atoms with Crippen molar-refractivity contribution in [1.82, 2.24) is 4.90 Å². The summed E-state index contributed by atoms with van der Waals surface area (Å²) in [5.41, 5.74) is -0.483. The van der Waals surface area contributed by atoms with Gasteiger partial charge in [-0.05, 0) is 38.5 Å². The van der Waals surface area contributed by atoms with Gasteiger partial charge in [-0.25, -0.2) is 0 Å².